The molecule has 0 saturated carbocycles. The third kappa shape index (κ3) is 4.16. The predicted molar refractivity (Wildman–Crippen MR) is 110 cm³/mol. The van der Waals surface area contributed by atoms with Gasteiger partial charge in [-0.1, -0.05) is 24.2 Å². The molecule has 3 rings (SSSR count). The van der Waals surface area contributed by atoms with Crippen molar-refractivity contribution in [2.75, 3.05) is 31.1 Å². The van der Waals surface area contributed by atoms with Crippen LogP contribution in [0.15, 0.2) is 30.2 Å². The van der Waals surface area contributed by atoms with Gasteiger partial charge in [0.1, 0.15) is 0 Å². The maximum Gasteiger partial charge on any atom is 0.487 e. The lowest BCUT2D eigenvalue weighted by atomic mass is 9.89. The van der Waals surface area contributed by atoms with Gasteiger partial charge >= 0.3 is 7.12 Å². The van der Waals surface area contributed by atoms with E-state index in [1.165, 1.54) is 11.3 Å². The summed E-state index contributed by atoms with van der Waals surface area (Å²) < 4.78 is 12.0. The molecule has 0 unspecified atom stereocenters. The van der Waals surface area contributed by atoms with Gasteiger partial charge in [-0.25, -0.2) is 0 Å². The Labute approximate surface area is 159 Å². The fourth-order valence-corrected chi connectivity index (χ4v) is 3.45. The molecule has 0 N–H and O–H groups in total. The molecule has 0 atom stereocenters. The highest BCUT2D eigenvalue weighted by atomic mass is 16.7. The first-order valence-electron chi connectivity index (χ1n) is 9.81. The van der Waals surface area contributed by atoms with Gasteiger partial charge in [-0.3, -0.25) is 4.90 Å². The first-order valence-corrected chi connectivity index (χ1v) is 9.81. The van der Waals surface area contributed by atoms with Gasteiger partial charge in [-0.2, -0.15) is 0 Å². The number of nitrogens with zero attached hydrogens (tertiary/aromatic N) is 2. The molecule has 0 bridgehead atoms. The molecular formula is C21H33BN2O2. The second kappa shape index (κ2) is 7.38. The Kier molecular flexibility index (Phi) is 5.52. The molecule has 4 nitrogen and oxygen atoms in total. The number of piperazine rings is 1. The topological polar surface area (TPSA) is 24.9 Å². The van der Waals surface area contributed by atoms with Crippen molar-refractivity contribution in [3.63, 3.8) is 0 Å². The molecule has 1 aromatic carbocycles. The van der Waals surface area contributed by atoms with Crippen LogP contribution in [0.2, 0.25) is 0 Å². The van der Waals surface area contributed by atoms with Crippen molar-refractivity contribution in [2.24, 2.45) is 0 Å². The Bertz CT molecular complexity index is 616. The van der Waals surface area contributed by atoms with Crippen molar-refractivity contribution >= 4 is 18.9 Å². The van der Waals surface area contributed by atoms with E-state index in [0.29, 0.717) is 6.04 Å². The monoisotopic (exact) mass is 356 g/mol. The quantitative estimate of drug-likeness (QED) is 0.765. The lowest BCUT2D eigenvalue weighted by molar-refractivity contribution is 0.00578. The van der Waals surface area contributed by atoms with E-state index >= 15 is 0 Å². The average Bonchev–Trinajstić information content (AvgIpc) is 2.80. The second-order valence-corrected chi connectivity index (χ2v) is 8.69. The maximum atomic E-state index is 6.01. The van der Waals surface area contributed by atoms with Crippen molar-refractivity contribution in [3.8, 4) is 0 Å². The minimum atomic E-state index is -0.288. The number of anilines is 1. The molecule has 0 radical (unpaired) electrons. The molecule has 1 aromatic rings. The number of benzene rings is 1. The van der Waals surface area contributed by atoms with Gasteiger partial charge in [0.2, 0.25) is 0 Å². The smallest absolute Gasteiger partial charge is 0.400 e. The van der Waals surface area contributed by atoms with Gasteiger partial charge < -0.3 is 14.2 Å². The summed E-state index contributed by atoms with van der Waals surface area (Å²) in [5.74, 6) is 2.01. The largest absolute Gasteiger partial charge is 0.487 e. The van der Waals surface area contributed by atoms with Crippen molar-refractivity contribution < 1.29 is 9.31 Å². The Morgan fingerprint density at radius 2 is 1.46 bits per heavy atom. The number of hydrogen-bond acceptors (Lipinski definition) is 4. The van der Waals surface area contributed by atoms with E-state index in [-0.39, 0.29) is 18.3 Å². The van der Waals surface area contributed by atoms with Crippen LogP contribution in [0.1, 0.15) is 47.1 Å². The van der Waals surface area contributed by atoms with Crippen molar-refractivity contribution in [2.45, 2.75) is 58.8 Å². The first-order chi connectivity index (χ1) is 12.2. The summed E-state index contributed by atoms with van der Waals surface area (Å²) in [5, 5.41) is 0. The molecule has 2 saturated heterocycles. The number of hydrogen-bond donors (Lipinski definition) is 0. The highest BCUT2D eigenvalue weighted by molar-refractivity contribution is 6.52. The summed E-state index contributed by atoms with van der Waals surface area (Å²) in [6.07, 6.45) is 2.09. The summed E-state index contributed by atoms with van der Waals surface area (Å²) in [6, 6.07) is 9.42. The summed E-state index contributed by atoms with van der Waals surface area (Å²) in [7, 11) is -0.288. The molecule has 2 heterocycles. The van der Waals surface area contributed by atoms with E-state index in [9.17, 15) is 0 Å². The molecule has 0 amide bonds. The molecular weight excluding hydrogens is 323 g/mol. The lowest BCUT2D eigenvalue weighted by Gasteiger charge is -2.38. The fraction of sp³-hybridized carbons (Fsp3) is 0.619. The fourth-order valence-electron chi connectivity index (χ4n) is 3.45. The van der Waals surface area contributed by atoms with Gasteiger partial charge in [-0.05, 0) is 59.2 Å². The molecule has 0 aliphatic carbocycles. The van der Waals surface area contributed by atoms with Crippen LogP contribution in [0.3, 0.4) is 0 Å². The zero-order valence-corrected chi connectivity index (χ0v) is 17.2. The molecule has 26 heavy (non-hydrogen) atoms. The molecule has 2 aliphatic heterocycles. The van der Waals surface area contributed by atoms with Crippen LogP contribution < -0.4 is 4.90 Å². The van der Waals surface area contributed by atoms with Crippen LogP contribution in [-0.2, 0) is 9.31 Å². The summed E-state index contributed by atoms with van der Waals surface area (Å²) >= 11 is 0. The SMILES string of the molecule is CC(C)N1CCN(c2ccc(C=CB3OC(C)(C)C(C)(C)O3)cc2)CC1. The predicted octanol–water partition coefficient (Wildman–Crippen LogP) is 3.86. The zero-order valence-electron chi connectivity index (χ0n) is 17.2. The summed E-state index contributed by atoms with van der Waals surface area (Å²) in [6.45, 7) is 17.3. The van der Waals surface area contributed by atoms with Gasteiger partial charge in [0.05, 0.1) is 11.2 Å². The highest BCUT2D eigenvalue weighted by Gasteiger charge is 2.49. The van der Waals surface area contributed by atoms with E-state index in [2.05, 4.69) is 81.7 Å². The molecule has 5 heteroatoms. The van der Waals surface area contributed by atoms with Crippen molar-refractivity contribution in [1.29, 1.82) is 0 Å². The van der Waals surface area contributed by atoms with E-state index in [1.54, 1.807) is 0 Å². The Balaban J connectivity index is 1.57. The van der Waals surface area contributed by atoms with Crippen LogP contribution in [0.5, 0.6) is 0 Å². The van der Waals surface area contributed by atoms with Crippen LogP contribution in [0, 0.1) is 0 Å². The van der Waals surface area contributed by atoms with E-state index in [0.717, 1.165) is 26.2 Å². The maximum absolute atomic E-state index is 6.01. The average molecular weight is 356 g/mol. The second-order valence-electron chi connectivity index (χ2n) is 8.69. The minimum Gasteiger partial charge on any atom is -0.400 e. The van der Waals surface area contributed by atoms with Gasteiger partial charge in [0.25, 0.3) is 0 Å². The van der Waals surface area contributed by atoms with Crippen molar-refractivity contribution in [3.05, 3.63) is 35.8 Å². The van der Waals surface area contributed by atoms with Gasteiger partial charge in [0.15, 0.2) is 0 Å². The van der Waals surface area contributed by atoms with Gasteiger partial charge in [0, 0.05) is 37.9 Å². The number of rotatable bonds is 4. The van der Waals surface area contributed by atoms with Crippen LogP contribution in [0.25, 0.3) is 6.08 Å². The molecule has 142 valence electrons. The van der Waals surface area contributed by atoms with Crippen LogP contribution >= 0.6 is 0 Å². The van der Waals surface area contributed by atoms with E-state index in [1.807, 2.05) is 5.98 Å². The van der Waals surface area contributed by atoms with Gasteiger partial charge in [-0.15, -0.1) is 0 Å². The third-order valence-electron chi connectivity index (χ3n) is 6.02. The van der Waals surface area contributed by atoms with E-state index < -0.39 is 0 Å². The normalized spacial score (nSPS) is 23.3. The zero-order chi connectivity index (χ0) is 18.9. The summed E-state index contributed by atoms with van der Waals surface area (Å²) in [4.78, 5) is 5.01. The molecule has 0 spiro atoms. The Hall–Kier alpha value is -1.30. The van der Waals surface area contributed by atoms with Crippen LogP contribution in [0.4, 0.5) is 5.69 Å². The van der Waals surface area contributed by atoms with E-state index in [4.69, 9.17) is 9.31 Å². The Morgan fingerprint density at radius 1 is 0.923 bits per heavy atom. The molecule has 0 aromatic heterocycles. The highest BCUT2D eigenvalue weighted by Crippen LogP contribution is 2.37. The minimum absolute atomic E-state index is 0.288. The summed E-state index contributed by atoms with van der Waals surface area (Å²) in [5.41, 5.74) is 1.90. The first kappa shape index (κ1) is 19.5. The molecule has 2 fully saturated rings. The lowest BCUT2D eigenvalue weighted by Crippen LogP contribution is -2.48. The van der Waals surface area contributed by atoms with Crippen LogP contribution in [-0.4, -0.2) is 55.4 Å². The third-order valence-corrected chi connectivity index (χ3v) is 6.02. The van der Waals surface area contributed by atoms with Crippen molar-refractivity contribution in [1.82, 2.24) is 4.90 Å². The molecule has 2 aliphatic rings. The Morgan fingerprint density at radius 3 is 1.96 bits per heavy atom. The standard InChI is InChI=1S/C21H33BN2O2/c1-17(2)23-13-15-24(16-14-23)19-9-7-18(8-10-19)11-12-22-25-20(3,4)21(5,6)26-22/h7-12,17H,13-16H2,1-6H3.